The van der Waals surface area contributed by atoms with Crippen LogP contribution in [0.1, 0.15) is 39.5 Å². The highest BCUT2D eigenvalue weighted by Gasteiger charge is 2.52. The maximum absolute atomic E-state index is 12.6. The van der Waals surface area contributed by atoms with Gasteiger partial charge in [0, 0.05) is 5.69 Å². The van der Waals surface area contributed by atoms with E-state index >= 15 is 0 Å². The number of benzene rings is 1. The molecule has 1 heterocycles. The number of hydrogen-bond acceptors (Lipinski definition) is 6. The van der Waals surface area contributed by atoms with Crippen molar-refractivity contribution in [3.05, 3.63) is 24.3 Å². The van der Waals surface area contributed by atoms with E-state index in [0.717, 1.165) is 17.7 Å². The molecule has 1 atom stereocenters. The van der Waals surface area contributed by atoms with Gasteiger partial charge in [-0.25, -0.2) is 4.79 Å². The Morgan fingerprint density at radius 3 is 2.48 bits per heavy atom. The summed E-state index contributed by atoms with van der Waals surface area (Å²) in [5.41, 5.74) is -0.354. The quantitative estimate of drug-likeness (QED) is 0.530. The van der Waals surface area contributed by atoms with E-state index in [1.54, 1.807) is 24.3 Å². The molecule has 0 aromatic heterocycles. The van der Waals surface area contributed by atoms with Crippen LogP contribution in [0.25, 0.3) is 0 Å². The Morgan fingerprint density at radius 1 is 1.21 bits per heavy atom. The van der Waals surface area contributed by atoms with Crippen LogP contribution < -0.4 is 15.4 Å². The van der Waals surface area contributed by atoms with Crippen molar-refractivity contribution >= 4 is 29.5 Å². The van der Waals surface area contributed by atoms with Gasteiger partial charge in [0.1, 0.15) is 17.8 Å². The maximum Gasteiger partial charge on any atom is 0.327 e. The van der Waals surface area contributed by atoms with Gasteiger partial charge in [0.25, 0.3) is 11.8 Å². The lowest BCUT2D eigenvalue weighted by Crippen LogP contribution is -2.44. The van der Waals surface area contributed by atoms with E-state index in [2.05, 4.69) is 10.6 Å². The van der Waals surface area contributed by atoms with Gasteiger partial charge >= 0.3 is 12.0 Å². The molecule has 1 spiro atoms. The number of urea groups is 1. The van der Waals surface area contributed by atoms with Crippen LogP contribution in [0.4, 0.5) is 10.5 Å². The number of ether oxygens (including phenoxy) is 2. The lowest BCUT2D eigenvalue weighted by molar-refractivity contribution is -0.155. The van der Waals surface area contributed by atoms with Gasteiger partial charge < -0.3 is 20.1 Å². The molecule has 1 saturated heterocycles. The summed E-state index contributed by atoms with van der Waals surface area (Å²) in [6.07, 6.45) is 1.77. The van der Waals surface area contributed by atoms with Crippen molar-refractivity contribution in [2.75, 3.05) is 18.5 Å². The molecule has 4 amide bonds. The lowest BCUT2D eigenvalue weighted by Gasteiger charge is -2.20. The molecular weight excluding hydrogens is 378 g/mol. The van der Waals surface area contributed by atoms with Crippen molar-refractivity contribution < 1.29 is 28.7 Å². The second-order valence-corrected chi connectivity index (χ2v) is 7.19. The van der Waals surface area contributed by atoms with E-state index in [4.69, 9.17) is 9.47 Å². The summed E-state index contributed by atoms with van der Waals surface area (Å²) in [5, 5.41) is 5.33. The fourth-order valence-electron chi connectivity index (χ4n) is 3.60. The zero-order valence-electron chi connectivity index (χ0n) is 16.5. The molecule has 29 heavy (non-hydrogen) atoms. The average molecular weight is 403 g/mol. The van der Waals surface area contributed by atoms with Crippen LogP contribution in [-0.2, 0) is 19.1 Å². The number of carbonyl (C=O) groups excluding carboxylic acids is 4. The first-order chi connectivity index (χ1) is 13.8. The molecule has 2 aliphatic rings. The van der Waals surface area contributed by atoms with Gasteiger partial charge in [-0.3, -0.25) is 19.3 Å². The minimum absolute atomic E-state index is 0.400. The number of nitrogens with one attached hydrogen (secondary N) is 2. The van der Waals surface area contributed by atoms with Crippen LogP contribution in [0.15, 0.2) is 24.3 Å². The predicted molar refractivity (Wildman–Crippen MR) is 103 cm³/mol. The molecule has 9 nitrogen and oxygen atoms in total. The van der Waals surface area contributed by atoms with Crippen molar-refractivity contribution in [1.82, 2.24) is 10.2 Å². The van der Waals surface area contributed by atoms with Gasteiger partial charge in [-0.15, -0.1) is 0 Å². The molecule has 1 aromatic carbocycles. The van der Waals surface area contributed by atoms with Crippen molar-refractivity contribution in [3.63, 3.8) is 0 Å². The van der Waals surface area contributed by atoms with Gasteiger partial charge in [-0.1, -0.05) is 12.8 Å². The van der Waals surface area contributed by atoms with E-state index < -0.39 is 42.0 Å². The number of amides is 4. The van der Waals surface area contributed by atoms with E-state index in [1.807, 2.05) is 6.92 Å². The highest BCUT2D eigenvalue weighted by molar-refractivity contribution is 6.09. The predicted octanol–water partition coefficient (Wildman–Crippen LogP) is 1.82. The molecule has 1 saturated carbocycles. The van der Waals surface area contributed by atoms with Crippen molar-refractivity contribution in [3.8, 4) is 5.75 Å². The van der Waals surface area contributed by atoms with Crippen LogP contribution in [0.2, 0.25) is 0 Å². The number of hydrogen-bond donors (Lipinski definition) is 2. The zero-order chi connectivity index (χ0) is 21.0. The van der Waals surface area contributed by atoms with Crippen LogP contribution in [0.5, 0.6) is 5.75 Å². The van der Waals surface area contributed by atoms with Crippen LogP contribution in [-0.4, -0.2) is 53.5 Å². The standard InChI is InChI=1S/C20H25N3O6/c1-3-28-15-8-6-14(7-9-15)21-17(25)13(2)29-16(24)12-23-18(26)20(22-19(23)27)10-4-5-11-20/h6-9,13H,3-5,10-12H2,1-2H3,(H,21,25)(H,22,27)/t13-/m0/s1. The Balaban J connectivity index is 1.51. The number of nitrogens with zero attached hydrogens (tertiary/aromatic N) is 1. The van der Waals surface area contributed by atoms with Crippen molar-refractivity contribution in [2.24, 2.45) is 0 Å². The monoisotopic (exact) mass is 403 g/mol. The molecule has 1 aliphatic carbocycles. The summed E-state index contributed by atoms with van der Waals surface area (Å²) in [5.74, 6) is -1.06. The van der Waals surface area contributed by atoms with Gasteiger partial charge in [0.05, 0.1) is 6.61 Å². The Bertz CT molecular complexity index is 801. The maximum atomic E-state index is 12.6. The Morgan fingerprint density at radius 2 is 1.86 bits per heavy atom. The summed E-state index contributed by atoms with van der Waals surface area (Å²) >= 11 is 0. The van der Waals surface area contributed by atoms with Crippen molar-refractivity contribution in [1.29, 1.82) is 0 Å². The van der Waals surface area contributed by atoms with E-state index in [-0.39, 0.29) is 0 Å². The zero-order valence-corrected chi connectivity index (χ0v) is 16.5. The first-order valence-electron chi connectivity index (χ1n) is 9.72. The van der Waals surface area contributed by atoms with Gasteiger partial charge in [0.2, 0.25) is 0 Å². The summed E-state index contributed by atoms with van der Waals surface area (Å²) in [4.78, 5) is 50.0. The summed E-state index contributed by atoms with van der Waals surface area (Å²) < 4.78 is 10.4. The summed E-state index contributed by atoms with van der Waals surface area (Å²) in [6, 6.07) is 6.18. The van der Waals surface area contributed by atoms with Crippen LogP contribution in [0.3, 0.4) is 0 Å². The second-order valence-electron chi connectivity index (χ2n) is 7.19. The second kappa shape index (κ2) is 8.50. The molecule has 1 aromatic rings. The molecule has 9 heteroatoms. The fraction of sp³-hybridized carbons (Fsp3) is 0.500. The number of carbonyl (C=O) groups is 4. The first kappa shape index (κ1) is 20.6. The van der Waals surface area contributed by atoms with Crippen LogP contribution in [0, 0.1) is 0 Å². The smallest absolute Gasteiger partial charge is 0.327 e. The number of rotatable bonds is 7. The molecule has 0 radical (unpaired) electrons. The SMILES string of the molecule is CCOc1ccc(NC(=O)[C@H](C)OC(=O)CN2C(=O)NC3(CCCC3)C2=O)cc1. The third-order valence-corrected chi connectivity index (χ3v) is 5.10. The number of imide groups is 1. The van der Waals surface area contributed by atoms with Gasteiger partial charge in [-0.05, 0) is 51.0 Å². The first-order valence-corrected chi connectivity index (χ1v) is 9.72. The van der Waals surface area contributed by atoms with E-state index in [0.29, 0.717) is 30.9 Å². The van der Waals surface area contributed by atoms with Gasteiger partial charge in [-0.2, -0.15) is 0 Å². The topological polar surface area (TPSA) is 114 Å². The molecule has 2 N–H and O–H groups in total. The largest absolute Gasteiger partial charge is 0.494 e. The highest BCUT2D eigenvalue weighted by atomic mass is 16.5. The van der Waals surface area contributed by atoms with E-state index in [9.17, 15) is 19.2 Å². The molecule has 1 aliphatic heterocycles. The highest BCUT2D eigenvalue weighted by Crippen LogP contribution is 2.34. The lowest BCUT2D eigenvalue weighted by atomic mass is 9.98. The minimum atomic E-state index is -1.09. The Kier molecular flexibility index (Phi) is 6.05. The average Bonchev–Trinajstić information content (AvgIpc) is 3.24. The molecule has 2 fully saturated rings. The summed E-state index contributed by atoms with van der Waals surface area (Å²) in [6.45, 7) is 3.31. The van der Waals surface area contributed by atoms with Gasteiger partial charge in [0.15, 0.2) is 6.10 Å². The molecule has 0 bridgehead atoms. The van der Waals surface area contributed by atoms with E-state index in [1.165, 1.54) is 6.92 Å². The van der Waals surface area contributed by atoms with Crippen molar-refractivity contribution in [2.45, 2.75) is 51.2 Å². The Labute approximate surface area is 168 Å². The molecule has 156 valence electrons. The molecular formula is C20H25N3O6. The third kappa shape index (κ3) is 4.49. The summed E-state index contributed by atoms with van der Waals surface area (Å²) in [7, 11) is 0. The molecule has 0 unspecified atom stereocenters. The molecule has 3 rings (SSSR count). The normalized spacial score (nSPS) is 18.5. The minimum Gasteiger partial charge on any atom is -0.494 e. The fourth-order valence-corrected chi connectivity index (χ4v) is 3.60. The third-order valence-electron chi connectivity index (χ3n) is 5.10. The number of anilines is 1. The number of esters is 1. The Hall–Kier alpha value is -3.10. The van der Waals surface area contributed by atoms with Crippen LogP contribution >= 0.6 is 0 Å².